The molecular weight excluding hydrogens is 480 g/mol. The molecule has 1 aromatic heterocycles. The van der Waals surface area contributed by atoms with Crippen molar-refractivity contribution in [2.75, 3.05) is 38.2 Å². The van der Waals surface area contributed by atoms with Crippen LogP contribution in [0, 0.1) is 0 Å². The zero-order valence-corrected chi connectivity index (χ0v) is 20.0. The lowest BCUT2D eigenvalue weighted by molar-refractivity contribution is 0.187. The van der Waals surface area contributed by atoms with Crippen molar-refractivity contribution in [1.82, 2.24) is 15.1 Å². The number of anilines is 1. The van der Waals surface area contributed by atoms with Gasteiger partial charge in [0.1, 0.15) is 11.8 Å². The fourth-order valence-electron chi connectivity index (χ4n) is 4.31. The third kappa shape index (κ3) is 4.65. The summed E-state index contributed by atoms with van der Waals surface area (Å²) < 4.78 is 12.8. The summed E-state index contributed by atoms with van der Waals surface area (Å²) in [5.41, 5.74) is 3.18. The summed E-state index contributed by atoms with van der Waals surface area (Å²) in [5, 5.41) is 8.82. The Bertz CT molecular complexity index is 1190. The van der Waals surface area contributed by atoms with Crippen LogP contribution in [0.2, 0.25) is 0 Å². The molecule has 1 atom stereocenters. The maximum absolute atomic E-state index is 6.21. The van der Waals surface area contributed by atoms with Gasteiger partial charge in [-0.2, -0.15) is 0 Å². The topological polar surface area (TPSA) is 54.6 Å². The SMILES string of the molecule is COc1ccccc1N1CCN([C@H](c2ccc(Br)cc2)c2nnc(-c3ccccc3)o2)CC1. The maximum atomic E-state index is 6.21. The largest absolute Gasteiger partial charge is 0.495 e. The molecule has 4 aromatic rings. The van der Waals surface area contributed by atoms with E-state index < -0.39 is 0 Å². The molecule has 5 rings (SSSR count). The normalized spacial score (nSPS) is 15.4. The van der Waals surface area contributed by atoms with Crippen LogP contribution in [0.25, 0.3) is 11.5 Å². The van der Waals surface area contributed by atoms with Crippen molar-refractivity contribution in [2.45, 2.75) is 6.04 Å². The highest BCUT2D eigenvalue weighted by Crippen LogP contribution is 2.34. The molecule has 0 unspecified atom stereocenters. The third-order valence-electron chi connectivity index (χ3n) is 5.99. The van der Waals surface area contributed by atoms with Gasteiger partial charge in [0.05, 0.1) is 12.8 Å². The molecule has 3 aromatic carbocycles. The van der Waals surface area contributed by atoms with Gasteiger partial charge in [0.25, 0.3) is 0 Å². The van der Waals surface area contributed by atoms with Crippen LogP contribution in [0.15, 0.2) is 87.8 Å². The first kappa shape index (κ1) is 21.7. The molecule has 168 valence electrons. The molecule has 1 aliphatic heterocycles. The first-order chi connectivity index (χ1) is 16.2. The van der Waals surface area contributed by atoms with Crippen molar-refractivity contribution in [3.63, 3.8) is 0 Å². The Morgan fingerprint density at radius 1 is 0.848 bits per heavy atom. The number of methoxy groups -OCH3 is 1. The summed E-state index contributed by atoms with van der Waals surface area (Å²) in [6.07, 6.45) is 0. The van der Waals surface area contributed by atoms with Gasteiger partial charge in [0, 0.05) is 36.2 Å². The van der Waals surface area contributed by atoms with Gasteiger partial charge in [-0.05, 0) is 42.0 Å². The lowest BCUT2D eigenvalue weighted by Crippen LogP contribution is -2.48. The predicted octanol–water partition coefficient (Wildman–Crippen LogP) is 5.42. The van der Waals surface area contributed by atoms with E-state index in [0.29, 0.717) is 11.8 Å². The average molecular weight is 505 g/mol. The number of halogens is 1. The number of hydrogen-bond donors (Lipinski definition) is 0. The first-order valence-electron chi connectivity index (χ1n) is 11.0. The van der Waals surface area contributed by atoms with Crippen LogP contribution >= 0.6 is 15.9 Å². The molecular formula is C26H25BrN4O2. The highest BCUT2D eigenvalue weighted by molar-refractivity contribution is 9.10. The van der Waals surface area contributed by atoms with E-state index in [1.807, 2.05) is 42.5 Å². The molecule has 0 spiro atoms. The van der Waals surface area contributed by atoms with E-state index in [1.54, 1.807) is 7.11 Å². The highest BCUT2D eigenvalue weighted by Gasteiger charge is 2.31. The van der Waals surface area contributed by atoms with Gasteiger partial charge < -0.3 is 14.1 Å². The van der Waals surface area contributed by atoms with Gasteiger partial charge in [-0.1, -0.05) is 58.4 Å². The van der Waals surface area contributed by atoms with Crippen LogP contribution in [-0.4, -0.2) is 48.4 Å². The minimum atomic E-state index is -0.108. The Morgan fingerprint density at radius 2 is 1.55 bits per heavy atom. The van der Waals surface area contributed by atoms with Crippen LogP contribution < -0.4 is 9.64 Å². The van der Waals surface area contributed by atoms with Crippen molar-refractivity contribution >= 4 is 21.6 Å². The third-order valence-corrected chi connectivity index (χ3v) is 6.51. The minimum absolute atomic E-state index is 0.108. The molecule has 6 nitrogen and oxygen atoms in total. The average Bonchev–Trinajstić information content (AvgIpc) is 3.36. The molecule has 0 saturated carbocycles. The van der Waals surface area contributed by atoms with Gasteiger partial charge in [-0.15, -0.1) is 10.2 Å². The fraction of sp³-hybridized carbons (Fsp3) is 0.231. The van der Waals surface area contributed by atoms with Crippen LogP contribution in [0.4, 0.5) is 5.69 Å². The van der Waals surface area contributed by atoms with Crippen LogP contribution in [0.3, 0.4) is 0 Å². The maximum Gasteiger partial charge on any atom is 0.247 e. The van der Waals surface area contributed by atoms with E-state index in [4.69, 9.17) is 9.15 Å². The Hall–Kier alpha value is -3.16. The van der Waals surface area contributed by atoms with Crippen LogP contribution in [0.1, 0.15) is 17.5 Å². The van der Waals surface area contributed by atoms with E-state index in [1.165, 1.54) is 0 Å². The second-order valence-corrected chi connectivity index (χ2v) is 8.88. The van der Waals surface area contributed by atoms with Gasteiger partial charge in [-0.3, -0.25) is 4.90 Å². The Labute approximate surface area is 201 Å². The molecule has 0 amide bonds. The zero-order chi connectivity index (χ0) is 22.6. The number of benzene rings is 3. The zero-order valence-electron chi connectivity index (χ0n) is 18.4. The van der Waals surface area contributed by atoms with Crippen molar-refractivity contribution < 1.29 is 9.15 Å². The smallest absolute Gasteiger partial charge is 0.247 e. The van der Waals surface area contributed by atoms with E-state index in [-0.39, 0.29) is 6.04 Å². The molecule has 1 aliphatic rings. The molecule has 0 aliphatic carbocycles. The number of para-hydroxylation sites is 2. The molecule has 0 radical (unpaired) electrons. The second kappa shape index (κ2) is 9.77. The van der Waals surface area contributed by atoms with Gasteiger partial charge in [0.2, 0.25) is 11.8 Å². The van der Waals surface area contributed by atoms with Crippen molar-refractivity contribution in [3.05, 3.63) is 94.8 Å². The molecule has 1 fully saturated rings. The van der Waals surface area contributed by atoms with Crippen LogP contribution in [0.5, 0.6) is 5.75 Å². The number of rotatable bonds is 6. The minimum Gasteiger partial charge on any atom is -0.495 e. The molecule has 0 N–H and O–H groups in total. The number of ether oxygens (including phenoxy) is 1. The molecule has 1 saturated heterocycles. The quantitative estimate of drug-likeness (QED) is 0.349. The first-order valence-corrected chi connectivity index (χ1v) is 11.8. The van der Waals surface area contributed by atoms with Gasteiger partial charge in [0.15, 0.2) is 0 Å². The summed E-state index contributed by atoms with van der Waals surface area (Å²) in [7, 11) is 1.72. The summed E-state index contributed by atoms with van der Waals surface area (Å²) in [4.78, 5) is 4.79. The van der Waals surface area contributed by atoms with E-state index in [9.17, 15) is 0 Å². The number of nitrogens with zero attached hydrogens (tertiary/aromatic N) is 4. The summed E-state index contributed by atoms with van der Waals surface area (Å²) in [5.74, 6) is 2.06. The number of aromatic nitrogens is 2. The molecule has 0 bridgehead atoms. The second-order valence-electron chi connectivity index (χ2n) is 7.96. The van der Waals surface area contributed by atoms with Gasteiger partial charge >= 0.3 is 0 Å². The van der Waals surface area contributed by atoms with Gasteiger partial charge in [-0.25, -0.2) is 0 Å². The fourth-order valence-corrected chi connectivity index (χ4v) is 4.57. The van der Waals surface area contributed by atoms with Crippen molar-refractivity contribution in [1.29, 1.82) is 0 Å². The molecule has 33 heavy (non-hydrogen) atoms. The van der Waals surface area contributed by atoms with E-state index >= 15 is 0 Å². The van der Waals surface area contributed by atoms with E-state index in [0.717, 1.165) is 53.2 Å². The summed E-state index contributed by atoms with van der Waals surface area (Å²) in [6, 6.07) is 26.3. The lowest BCUT2D eigenvalue weighted by Gasteiger charge is -2.39. The number of piperazine rings is 1. The lowest BCUT2D eigenvalue weighted by atomic mass is 10.0. The Balaban J connectivity index is 1.42. The Morgan fingerprint density at radius 3 is 2.27 bits per heavy atom. The van der Waals surface area contributed by atoms with Crippen molar-refractivity contribution in [2.24, 2.45) is 0 Å². The summed E-state index contributed by atoms with van der Waals surface area (Å²) in [6.45, 7) is 3.49. The monoisotopic (exact) mass is 504 g/mol. The molecule has 2 heterocycles. The standard InChI is InChI=1S/C26H25BrN4O2/c1-32-23-10-6-5-9-22(23)30-15-17-31(18-16-30)24(19-11-13-21(27)14-12-19)26-29-28-25(33-26)20-7-3-2-4-8-20/h2-14,24H,15-18H2,1H3/t24-/m1/s1. The Kier molecular flexibility index (Phi) is 6.41. The predicted molar refractivity (Wildman–Crippen MR) is 132 cm³/mol. The van der Waals surface area contributed by atoms with E-state index in [2.05, 4.69) is 72.3 Å². The highest BCUT2D eigenvalue weighted by atomic mass is 79.9. The summed E-state index contributed by atoms with van der Waals surface area (Å²) >= 11 is 3.55. The van der Waals surface area contributed by atoms with Crippen molar-refractivity contribution in [3.8, 4) is 17.2 Å². The molecule has 7 heteroatoms. The van der Waals surface area contributed by atoms with Crippen LogP contribution in [-0.2, 0) is 0 Å². The number of hydrogen-bond acceptors (Lipinski definition) is 6.